The molecule has 4 nitrogen and oxygen atoms in total. The van der Waals surface area contributed by atoms with E-state index in [1.807, 2.05) is 4.90 Å². The summed E-state index contributed by atoms with van der Waals surface area (Å²) in [5.41, 5.74) is 0.446. The molecule has 0 aromatic heterocycles. The SMILES string of the molecule is CN1CC[C@@H]2[C@@H](CCCN2C(=O)Nc2ccc(Cl)c(F)c2)C1. The molecular weight excluding hydrogens is 305 g/mol. The predicted molar refractivity (Wildman–Crippen MR) is 85.8 cm³/mol. The van der Waals surface area contributed by atoms with Crippen molar-refractivity contribution >= 4 is 23.3 Å². The van der Waals surface area contributed by atoms with Crippen LogP contribution in [0.5, 0.6) is 0 Å². The number of piperidine rings is 2. The first kappa shape index (κ1) is 15.6. The highest BCUT2D eigenvalue weighted by molar-refractivity contribution is 6.30. The molecule has 22 heavy (non-hydrogen) atoms. The molecule has 2 heterocycles. The van der Waals surface area contributed by atoms with Gasteiger partial charge in [0.05, 0.1) is 5.02 Å². The third kappa shape index (κ3) is 3.20. The van der Waals surface area contributed by atoms with Gasteiger partial charge in [-0.15, -0.1) is 0 Å². The number of hydrogen-bond donors (Lipinski definition) is 1. The van der Waals surface area contributed by atoms with Crippen LogP contribution in [0.3, 0.4) is 0 Å². The number of carbonyl (C=O) groups excluding carboxylic acids is 1. The Balaban J connectivity index is 1.69. The van der Waals surface area contributed by atoms with Gasteiger partial charge in [0.1, 0.15) is 5.82 Å². The first-order valence-corrected chi connectivity index (χ1v) is 8.13. The Bertz CT molecular complexity index is 568. The molecule has 120 valence electrons. The Labute approximate surface area is 135 Å². The number of amides is 2. The third-order valence-corrected chi connectivity index (χ3v) is 5.01. The summed E-state index contributed by atoms with van der Waals surface area (Å²) in [6, 6.07) is 4.50. The Morgan fingerprint density at radius 2 is 2.18 bits per heavy atom. The van der Waals surface area contributed by atoms with Crippen LogP contribution >= 0.6 is 11.6 Å². The Kier molecular flexibility index (Phi) is 4.54. The number of nitrogens with one attached hydrogen (secondary N) is 1. The van der Waals surface area contributed by atoms with Crippen LogP contribution in [0, 0.1) is 11.7 Å². The summed E-state index contributed by atoms with van der Waals surface area (Å²) in [4.78, 5) is 16.8. The van der Waals surface area contributed by atoms with Gasteiger partial charge in [0.25, 0.3) is 0 Å². The lowest BCUT2D eigenvalue weighted by molar-refractivity contribution is 0.0579. The first-order valence-electron chi connectivity index (χ1n) is 7.76. The van der Waals surface area contributed by atoms with Gasteiger partial charge in [-0.1, -0.05) is 11.6 Å². The van der Waals surface area contributed by atoms with Crippen molar-refractivity contribution in [1.82, 2.24) is 9.80 Å². The summed E-state index contributed by atoms with van der Waals surface area (Å²) in [6.45, 7) is 2.83. The monoisotopic (exact) mass is 325 g/mol. The molecule has 1 aromatic carbocycles. The molecule has 6 heteroatoms. The fraction of sp³-hybridized carbons (Fsp3) is 0.562. The summed E-state index contributed by atoms with van der Waals surface area (Å²) in [5.74, 6) is 0.0236. The predicted octanol–water partition coefficient (Wildman–Crippen LogP) is 3.43. The molecule has 3 rings (SSSR count). The van der Waals surface area contributed by atoms with E-state index in [0.29, 0.717) is 17.6 Å². The zero-order chi connectivity index (χ0) is 15.7. The summed E-state index contributed by atoms with van der Waals surface area (Å²) in [7, 11) is 2.13. The van der Waals surface area contributed by atoms with Gasteiger partial charge in [0, 0.05) is 24.8 Å². The molecule has 1 aromatic rings. The van der Waals surface area contributed by atoms with Crippen molar-refractivity contribution < 1.29 is 9.18 Å². The van der Waals surface area contributed by atoms with E-state index < -0.39 is 5.82 Å². The highest BCUT2D eigenvalue weighted by Crippen LogP contribution is 2.30. The number of nitrogens with zero attached hydrogens (tertiary/aromatic N) is 2. The molecule has 2 saturated heterocycles. The zero-order valence-corrected chi connectivity index (χ0v) is 13.4. The number of hydrogen-bond acceptors (Lipinski definition) is 2. The fourth-order valence-corrected chi connectivity index (χ4v) is 3.72. The van der Waals surface area contributed by atoms with Crippen molar-refractivity contribution in [3.63, 3.8) is 0 Å². The molecule has 2 aliphatic rings. The molecule has 0 bridgehead atoms. The third-order valence-electron chi connectivity index (χ3n) is 4.70. The van der Waals surface area contributed by atoms with Crippen LogP contribution in [-0.4, -0.2) is 48.6 Å². The van der Waals surface area contributed by atoms with Crippen LogP contribution in [0.1, 0.15) is 19.3 Å². The molecule has 2 aliphatic heterocycles. The van der Waals surface area contributed by atoms with Gasteiger partial charge in [-0.3, -0.25) is 0 Å². The Morgan fingerprint density at radius 1 is 1.36 bits per heavy atom. The normalized spacial score (nSPS) is 25.7. The van der Waals surface area contributed by atoms with Crippen LogP contribution in [0.15, 0.2) is 18.2 Å². The quantitative estimate of drug-likeness (QED) is 0.858. The number of anilines is 1. The van der Waals surface area contributed by atoms with Crippen molar-refractivity contribution in [3.8, 4) is 0 Å². The Hall–Kier alpha value is -1.33. The second-order valence-corrected chi connectivity index (χ2v) is 6.68. The molecule has 1 N–H and O–H groups in total. The highest BCUT2D eigenvalue weighted by atomic mass is 35.5. The number of carbonyl (C=O) groups is 1. The molecule has 0 aliphatic carbocycles. The molecule has 0 saturated carbocycles. The number of likely N-dealkylation sites (tertiary alicyclic amines) is 2. The lowest BCUT2D eigenvalue weighted by Gasteiger charge is -2.46. The maximum absolute atomic E-state index is 13.5. The van der Waals surface area contributed by atoms with Gasteiger partial charge in [-0.25, -0.2) is 9.18 Å². The maximum atomic E-state index is 13.5. The smallest absolute Gasteiger partial charge is 0.321 e. The second kappa shape index (κ2) is 6.42. The Morgan fingerprint density at radius 3 is 2.95 bits per heavy atom. The number of urea groups is 1. The van der Waals surface area contributed by atoms with Crippen molar-refractivity contribution in [3.05, 3.63) is 29.0 Å². The summed E-state index contributed by atoms with van der Waals surface area (Å²) < 4.78 is 13.5. The summed E-state index contributed by atoms with van der Waals surface area (Å²) in [5, 5.41) is 2.86. The maximum Gasteiger partial charge on any atom is 0.322 e. The van der Waals surface area contributed by atoms with Crippen LogP contribution in [0.4, 0.5) is 14.9 Å². The van der Waals surface area contributed by atoms with E-state index in [0.717, 1.165) is 32.5 Å². The molecule has 2 fully saturated rings. The van der Waals surface area contributed by atoms with Gasteiger partial charge < -0.3 is 15.1 Å². The van der Waals surface area contributed by atoms with Crippen LogP contribution in [0.2, 0.25) is 5.02 Å². The molecule has 0 radical (unpaired) electrons. The van der Waals surface area contributed by atoms with E-state index in [2.05, 4.69) is 17.3 Å². The average molecular weight is 326 g/mol. The number of fused-ring (bicyclic) bond motifs is 1. The topological polar surface area (TPSA) is 35.6 Å². The largest absolute Gasteiger partial charge is 0.322 e. The van der Waals surface area contributed by atoms with Gasteiger partial charge >= 0.3 is 6.03 Å². The lowest BCUT2D eigenvalue weighted by atomic mass is 9.84. The lowest BCUT2D eigenvalue weighted by Crippen LogP contribution is -2.56. The molecule has 2 amide bonds. The van der Waals surface area contributed by atoms with Crippen molar-refractivity contribution in [2.45, 2.75) is 25.3 Å². The van der Waals surface area contributed by atoms with Crippen molar-refractivity contribution in [2.75, 3.05) is 32.0 Å². The van der Waals surface area contributed by atoms with Crippen molar-refractivity contribution in [2.24, 2.45) is 5.92 Å². The second-order valence-electron chi connectivity index (χ2n) is 6.27. The van der Waals surface area contributed by atoms with Crippen LogP contribution in [0.25, 0.3) is 0 Å². The molecule has 2 atom stereocenters. The van der Waals surface area contributed by atoms with E-state index >= 15 is 0 Å². The minimum atomic E-state index is -0.518. The van der Waals surface area contributed by atoms with E-state index in [1.54, 1.807) is 6.07 Å². The molecular formula is C16H21ClFN3O. The summed E-state index contributed by atoms with van der Waals surface area (Å²) in [6.07, 6.45) is 3.20. The molecule has 0 spiro atoms. The van der Waals surface area contributed by atoms with Gasteiger partial charge in [0.2, 0.25) is 0 Å². The van der Waals surface area contributed by atoms with Gasteiger partial charge in [-0.05, 0) is 57.0 Å². The van der Waals surface area contributed by atoms with E-state index in [-0.39, 0.29) is 11.1 Å². The highest BCUT2D eigenvalue weighted by Gasteiger charge is 2.37. The van der Waals surface area contributed by atoms with Crippen LogP contribution in [-0.2, 0) is 0 Å². The van der Waals surface area contributed by atoms with Gasteiger partial charge in [0.15, 0.2) is 0 Å². The number of halogens is 2. The average Bonchev–Trinajstić information content (AvgIpc) is 2.50. The van der Waals surface area contributed by atoms with E-state index in [9.17, 15) is 9.18 Å². The number of rotatable bonds is 1. The first-order chi connectivity index (χ1) is 10.5. The van der Waals surface area contributed by atoms with E-state index in [4.69, 9.17) is 11.6 Å². The summed E-state index contributed by atoms with van der Waals surface area (Å²) >= 11 is 5.67. The minimum absolute atomic E-state index is 0.0614. The zero-order valence-electron chi connectivity index (χ0n) is 12.7. The number of benzene rings is 1. The molecule has 0 unspecified atom stereocenters. The van der Waals surface area contributed by atoms with Crippen LogP contribution < -0.4 is 5.32 Å². The van der Waals surface area contributed by atoms with Gasteiger partial charge in [-0.2, -0.15) is 0 Å². The fourth-order valence-electron chi connectivity index (χ4n) is 3.61. The van der Waals surface area contributed by atoms with Crippen molar-refractivity contribution in [1.29, 1.82) is 0 Å². The van der Waals surface area contributed by atoms with E-state index in [1.165, 1.54) is 18.6 Å². The minimum Gasteiger partial charge on any atom is -0.321 e. The standard InChI is InChI=1S/C16H21ClFN3O/c1-20-8-6-15-11(10-20)3-2-7-21(15)16(22)19-12-4-5-13(17)14(18)9-12/h4-5,9,11,15H,2-3,6-8,10H2,1H3,(H,19,22)/t11-,15+/m0/s1.